The Labute approximate surface area is 111 Å². The van der Waals surface area contributed by atoms with Crippen LogP contribution >= 0.6 is 28.4 Å². The molecule has 0 saturated heterocycles. The van der Waals surface area contributed by atoms with Crippen molar-refractivity contribution >= 4 is 34.4 Å². The molecule has 0 aliphatic heterocycles. The molecular weight excluding hydrogens is 357 g/mol. The van der Waals surface area contributed by atoms with Crippen LogP contribution in [0.1, 0.15) is 10.4 Å². The molecular formula is C10H7FIN2O2P. The minimum atomic E-state index is -1.27. The van der Waals surface area contributed by atoms with E-state index in [0.717, 1.165) is 5.56 Å². The van der Waals surface area contributed by atoms with Crippen LogP contribution in [0.5, 0.6) is 0 Å². The number of aromatic nitrogens is 2. The Morgan fingerprint density at radius 1 is 1.47 bits per heavy atom. The molecule has 0 saturated carbocycles. The van der Waals surface area contributed by atoms with Crippen LogP contribution < -0.4 is 0 Å². The summed E-state index contributed by atoms with van der Waals surface area (Å²) >= 11 is 2.18. The predicted octanol–water partition coefficient (Wildman–Crippen LogP) is 3.18. The van der Waals surface area contributed by atoms with Crippen molar-refractivity contribution in [2.45, 2.75) is 0 Å². The first-order valence-electron chi connectivity index (χ1n) is 4.56. The first-order valence-corrected chi connectivity index (χ1v) is 8.62. The number of carboxylic acid groups (broad SMARTS) is 1. The molecule has 2 aromatic rings. The van der Waals surface area contributed by atoms with Gasteiger partial charge in [0.1, 0.15) is 5.82 Å². The average molecular weight is 364 g/mol. The van der Waals surface area contributed by atoms with E-state index in [1.54, 1.807) is 22.9 Å². The summed E-state index contributed by atoms with van der Waals surface area (Å²) in [6.45, 7) is 0. The molecule has 0 aliphatic carbocycles. The Kier molecular flexibility index (Phi) is 3.73. The molecule has 1 N–H and O–H groups in total. The molecule has 17 heavy (non-hydrogen) atoms. The van der Waals surface area contributed by atoms with Gasteiger partial charge in [0.25, 0.3) is 0 Å². The zero-order valence-corrected chi connectivity index (χ0v) is 11.6. The van der Waals surface area contributed by atoms with E-state index in [0.29, 0.717) is 11.9 Å². The highest BCUT2D eigenvalue weighted by Crippen LogP contribution is 2.27. The number of rotatable bonds is 3. The van der Waals surface area contributed by atoms with Gasteiger partial charge in [-0.05, 0) is 39.7 Å². The maximum absolute atomic E-state index is 13.5. The standard InChI is InChI=1S/C10H7FIN2O2P/c11-9-3-6(1-2-8(9)10(15)16)7-4-13-14(5-7)17-12/h1-5,17H,(H,15,16). The Morgan fingerprint density at radius 2 is 2.24 bits per heavy atom. The highest BCUT2D eigenvalue weighted by molar-refractivity contribution is 14.2. The fourth-order valence-corrected chi connectivity index (χ4v) is 2.47. The van der Waals surface area contributed by atoms with Crippen molar-refractivity contribution in [2.75, 3.05) is 0 Å². The van der Waals surface area contributed by atoms with Crippen LogP contribution in [0.15, 0.2) is 30.6 Å². The summed E-state index contributed by atoms with van der Waals surface area (Å²) in [5.74, 6) is -2.00. The van der Waals surface area contributed by atoms with Gasteiger partial charge in [-0.2, -0.15) is 5.10 Å². The van der Waals surface area contributed by atoms with Gasteiger partial charge in [0.15, 0.2) is 0 Å². The van der Waals surface area contributed by atoms with Crippen molar-refractivity contribution in [3.05, 3.63) is 42.0 Å². The summed E-state index contributed by atoms with van der Waals surface area (Å²) in [5.41, 5.74) is 1.07. The lowest BCUT2D eigenvalue weighted by molar-refractivity contribution is 0.0692. The van der Waals surface area contributed by atoms with Gasteiger partial charge in [0, 0.05) is 11.8 Å². The second-order valence-corrected chi connectivity index (χ2v) is 5.33. The summed E-state index contributed by atoms with van der Waals surface area (Å²) in [6, 6.07) is 4.04. The highest BCUT2D eigenvalue weighted by Gasteiger charge is 2.11. The molecule has 0 bridgehead atoms. The first-order chi connectivity index (χ1) is 8.11. The number of carbonyl (C=O) groups is 1. The van der Waals surface area contributed by atoms with Crippen molar-refractivity contribution < 1.29 is 14.3 Å². The summed E-state index contributed by atoms with van der Waals surface area (Å²) < 4.78 is 15.2. The number of benzene rings is 1. The van der Waals surface area contributed by atoms with Crippen LogP contribution in [0.3, 0.4) is 0 Å². The first kappa shape index (κ1) is 12.4. The molecule has 4 nitrogen and oxygen atoms in total. The maximum Gasteiger partial charge on any atom is 0.338 e. The molecule has 1 unspecified atom stereocenters. The zero-order valence-electron chi connectivity index (χ0n) is 8.39. The predicted molar refractivity (Wildman–Crippen MR) is 72.3 cm³/mol. The summed E-state index contributed by atoms with van der Waals surface area (Å²) in [5, 5.41) is 12.8. The van der Waals surface area contributed by atoms with E-state index in [1.807, 2.05) is 0 Å². The highest BCUT2D eigenvalue weighted by atomic mass is 127. The third kappa shape index (κ3) is 2.63. The largest absolute Gasteiger partial charge is 0.478 e. The molecule has 2 rings (SSSR count). The van der Waals surface area contributed by atoms with Gasteiger partial charge in [-0.25, -0.2) is 13.6 Å². The van der Waals surface area contributed by atoms with Crippen LogP contribution in [0.2, 0.25) is 0 Å². The molecule has 88 valence electrons. The summed E-state index contributed by atoms with van der Waals surface area (Å²) in [7, 11) is 0. The third-order valence-electron chi connectivity index (χ3n) is 2.20. The van der Waals surface area contributed by atoms with E-state index in [-0.39, 0.29) is 5.56 Å². The number of hydrogen-bond donors (Lipinski definition) is 1. The van der Waals surface area contributed by atoms with E-state index < -0.39 is 11.8 Å². The number of hydrogen-bond acceptors (Lipinski definition) is 2. The van der Waals surface area contributed by atoms with E-state index in [4.69, 9.17) is 5.11 Å². The Balaban J connectivity index is 2.40. The van der Waals surface area contributed by atoms with Crippen molar-refractivity contribution in [2.24, 2.45) is 0 Å². The van der Waals surface area contributed by atoms with Crippen LogP contribution in [-0.2, 0) is 0 Å². The van der Waals surface area contributed by atoms with Crippen LogP contribution in [-0.4, -0.2) is 20.6 Å². The van der Waals surface area contributed by atoms with Gasteiger partial charge in [-0.15, -0.1) is 0 Å². The molecule has 0 aliphatic rings. The number of nitrogens with zero attached hydrogens (tertiary/aromatic N) is 2. The van der Waals surface area contributed by atoms with E-state index in [9.17, 15) is 9.18 Å². The minimum Gasteiger partial charge on any atom is -0.478 e. The Morgan fingerprint density at radius 3 is 2.76 bits per heavy atom. The molecule has 0 spiro atoms. The van der Waals surface area contributed by atoms with Crippen molar-refractivity contribution in [1.29, 1.82) is 0 Å². The second-order valence-electron chi connectivity index (χ2n) is 3.26. The number of aromatic carboxylic acids is 1. The zero-order chi connectivity index (χ0) is 12.4. The van der Waals surface area contributed by atoms with Crippen LogP contribution in [0.25, 0.3) is 11.1 Å². The third-order valence-corrected chi connectivity index (χ3v) is 4.10. The molecule has 1 aromatic carbocycles. The van der Waals surface area contributed by atoms with E-state index >= 15 is 0 Å². The topological polar surface area (TPSA) is 55.1 Å². The van der Waals surface area contributed by atoms with Crippen LogP contribution in [0, 0.1) is 5.82 Å². The average Bonchev–Trinajstić information content (AvgIpc) is 2.76. The van der Waals surface area contributed by atoms with Crippen molar-refractivity contribution in [3.63, 3.8) is 0 Å². The number of carboxylic acids is 1. The molecule has 1 aromatic heterocycles. The smallest absolute Gasteiger partial charge is 0.338 e. The lowest BCUT2D eigenvalue weighted by Gasteiger charge is -2.00. The number of halogens is 2. The lowest BCUT2D eigenvalue weighted by Crippen LogP contribution is -1.99. The molecule has 0 amide bonds. The lowest BCUT2D eigenvalue weighted by atomic mass is 10.1. The van der Waals surface area contributed by atoms with Crippen molar-refractivity contribution in [3.8, 4) is 11.1 Å². The molecule has 7 heteroatoms. The summed E-state index contributed by atoms with van der Waals surface area (Å²) in [4.78, 5) is 10.7. The fraction of sp³-hybridized carbons (Fsp3) is 0. The quantitative estimate of drug-likeness (QED) is 0.673. The molecule has 1 heterocycles. The molecule has 0 fully saturated rings. The minimum absolute atomic E-state index is 0.322. The van der Waals surface area contributed by atoms with E-state index in [2.05, 4.69) is 27.1 Å². The van der Waals surface area contributed by atoms with Gasteiger partial charge in [-0.1, -0.05) is 6.07 Å². The Hall–Kier alpha value is -1.01. The Bertz CT molecular complexity index is 573. The maximum atomic E-state index is 13.5. The molecule has 0 radical (unpaired) electrons. The second kappa shape index (κ2) is 5.10. The summed E-state index contributed by atoms with van der Waals surface area (Å²) in [6.07, 6.45) is 3.89. The van der Waals surface area contributed by atoms with E-state index in [1.165, 1.54) is 12.1 Å². The van der Waals surface area contributed by atoms with Gasteiger partial charge >= 0.3 is 5.97 Å². The molecule has 1 atom stereocenters. The monoisotopic (exact) mass is 364 g/mol. The van der Waals surface area contributed by atoms with Gasteiger partial charge in [0.05, 0.1) is 18.1 Å². The normalized spacial score (nSPS) is 11.2. The van der Waals surface area contributed by atoms with Gasteiger partial charge in [-0.3, -0.25) is 0 Å². The fourth-order valence-electron chi connectivity index (χ4n) is 1.39. The van der Waals surface area contributed by atoms with Gasteiger partial charge < -0.3 is 5.11 Å². The van der Waals surface area contributed by atoms with Crippen molar-refractivity contribution in [1.82, 2.24) is 9.55 Å². The SMILES string of the molecule is O=C(O)c1ccc(-c2cnn(PI)c2)cc1F. The van der Waals surface area contributed by atoms with Gasteiger partial charge in [0.2, 0.25) is 0 Å². The van der Waals surface area contributed by atoms with Crippen LogP contribution in [0.4, 0.5) is 4.39 Å².